The summed E-state index contributed by atoms with van der Waals surface area (Å²) >= 11 is 0. The standard InChI is InChI=1S/C10H18NO/c1-3-4-7-11(2)8-5-6-10(11)9-12/h5-6,8,12H,3-4,7,9H2,1-2H3/q+1. The van der Waals surface area contributed by atoms with Gasteiger partial charge in [-0.25, -0.2) is 0 Å². The van der Waals surface area contributed by atoms with Crippen molar-refractivity contribution in [1.82, 2.24) is 0 Å². The number of nitrogens with zero attached hydrogens (tertiary/aromatic N) is 1. The summed E-state index contributed by atoms with van der Waals surface area (Å²) < 4.78 is 0.796. The van der Waals surface area contributed by atoms with E-state index in [1.54, 1.807) is 0 Å². The highest BCUT2D eigenvalue weighted by molar-refractivity contribution is 5.13. The second kappa shape index (κ2) is 3.87. The first kappa shape index (κ1) is 9.49. The molecule has 0 aromatic heterocycles. The van der Waals surface area contributed by atoms with Crippen molar-refractivity contribution < 1.29 is 9.59 Å². The summed E-state index contributed by atoms with van der Waals surface area (Å²) in [5.41, 5.74) is 1.10. The topological polar surface area (TPSA) is 20.2 Å². The largest absolute Gasteiger partial charge is 0.386 e. The molecule has 1 atom stereocenters. The molecule has 0 radical (unpaired) electrons. The Kier molecular flexibility index (Phi) is 3.06. The number of rotatable bonds is 4. The van der Waals surface area contributed by atoms with Crippen LogP contribution in [0.15, 0.2) is 24.0 Å². The Balaban J connectivity index is 2.58. The summed E-state index contributed by atoms with van der Waals surface area (Å²) in [5.74, 6) is 0. The van der Waals surface area contributed by atoms with Gasteiger partial charge in [0.1, 0.15) is 18.5 Å². The molecule has 0 amide bonds. The van der Waals surface area contributed by atoms with Crippen LogP contribution in [0.3, 0.4) is 0 Å². The Labute approximate surface area is 74.4 Å². The second-order valence-electron chi connectivity index (χ2n) is 3.50. The highest BCUT2D eigenvalue weighted by Gasteiger charge is 2.26. The Morgan fingerprint density at radius 1 is 1.50 bits per heavy atom. The highest BCUT2D eigenvalue weighted by atomic mass is 16.3. The number of quaternary nitrogens is 1. The lowest BCUT2D eigenvalue weighted by Crippen LogP contribution is -2.37. The zero-order valence-corrected chi connectivity index (χ0v) is 7.95. The molecule has 0 fully saturated rings. The van der Waals surface area contributed by atoms with Gasteiger partial charge in [0.15, 0.2) is 0 Å². The van der Waals surface area contributed by atoms with Crippen LogP contribution in [0, 0.1) is 0 Å². The molecule has 0 aromatic rings. The van der Waals surface area contributed by atoms with Gasteiger partial charge in [0.05, 0.1) is 13.6 Å². The summed E-state index contributed by atoms with van der Waals surface area (Å²) in [6, 6.07) is 0. The predicted octanol–water partition coefficient (Wildman–Crippen LogP) is 1.64. The Morgan fingerprint density at radius 3 is 2.83 bits per heavy atom. The summed E-state index contributed by atoms with van der Waals surface area (Å²) in [5, 5.41) is 9.08. The number of allylic oxidation sites excluding steroid dienone is 2. The molecule has 0 saturated carbocycles. The molecule has 1 heterocycles. The number of hydrogen-bond acceptors (Lipinski definition) is 1. The van der Waals surface area contributed by atoms with E-state index in [2.05, 4.69) is 20.2 Å². The Hall–Kier alpha value is -0.600. The molecule has 0 aromatic carbocycles. The molecule has 68 valence electrons. The van der Waals surface area contributed by atoms with E-state index in [0.717, 1.165) is 16.7 Å². The smallest absolute Gasteiger partial charge is 0.139 e. The van der Waals surface area contributed by atoms with Gasteiger partial charge in [-0.1, -0.05) is 13.3 Å². The number of hydrogen-bond donors (Lipinski definition) is 1. The van der Waals surface area contributed by atoms with Crippen molar-refractivity contribution in [2.45, 2.75) is 19.8 Å². The molecule has 1 rings (SSSR count). The molecule has 12 heavy (non-hydrogen) atoms. The highest BCUT2D eigenvalue weighted by Crippen LogP contribution is 2.21. The van der Waals surface area contributed by atoms with E-state index in [4.69, 9.17) is 5.11 Å². The van der Waals surface area contributed by atoms with E-state index in [9.17, 15) is 0 Å². The third-order valence-corrected chi connectivity index (χ3v) is 2.50. The summed E-state index contributed by atoms with van der Waals surface area (Å²) in [7, 11) is 2.14. The Bertz CT molecular complexity index is 208. The molecule has 1 unspecified atom stereocenters. The average Bonchev–Trinajstić information content (AvgIpc) is 2.44. The summed E-state index contributed by atoms with van der Waals surface area (Å²) in [6.45, 7) is 3.46. The third kappa shape index (κ3) is 1.76. The summed E-state index contributed by atoms with van der Waals surface area (Å²) in [4.78, 5) is 0. The van der Waals surface area contributed by atoms with Gasteiger partial charge in [-0.15, -0.1) is 0 Å². The molecule has 1 aliphatic rings. The van der Waals surface area contributed by atoms with Gasteiger partial charge < -0.3 is 5.11 Å². The summed E-state index contributed by atoms with van der Waals surface area (Å²) in [6.07, 6.45) is 8.59. The number of aliphatic hydroxyl groups excluding tert-OH is 1. The lowest BCUT2D eigenvalue weighted by atomic mass is 10.2. The van der Waals surface area contributed by atoms with E-state index in [-0.39, 0.29) is 6.61 Å². The van der Waals surface area contributed by atoms with Crippen LogP contribution in [0.4, 0.5) is 0 Å². The maximum absolute atomic E-state index is 9.08. The van der Waals surface area contributed by atoms with Crippen molar-refractivity contribution >= 4 is 0 Å². The minimum Gasteiger partial charge on any atom is -0.386 e. The molecule has 1 aliphatic heterocycles. The van der Waals surface area contributed by atoms with Crippen LogP contribution < -0.4 is 0 Å². The zero-order valence-electron chi connectivity index (χ0n) is 7.95. The quantitative estimate of drug-likeness (QED) is 0.633. The van der Waals surface area contributed by atoms with Crippen molar-refractivity contribution in [3.63, 3.8) is 0 Å². The van der Waals surface area contributed by atoms with Crippen LogP contribution in [-0.2, 0) is 0 Å². The van der Waals surface area contributed by atoms with Crippen molar-refractivity contribution in [1.29, 1.82) is 0 Å². The van der Waals surface area contributed by atoms with Crippen molar-refractivity contribution in [3.05, 3.63) is 24.0 Å². The minimum atomic E-state index is 0.174. The van der Waals surface area contributed by atoms with Gasteiger partial charge in [-0.3, -0.25) is 4.48 Å². The minimum absolute atomic E-state index is 0.174. The number of aliphatic hydroxyl groups is 1. The van der Waals surface area contributed by atoms with Gasteiger partial charge in [0, 0.05) is 6.08 Å². The zero-order chi connectivity index (χ0) is 9.03. The fourth-order valence-corrected chi connectivity index (χ4v) is 1.53. The van der Waals surface area contributed by atoms with Crippen LogP contribution in [0.5, 0.6) is 0 Å². The fourth-order valence-electron chi connectivity index (χ4n) is 1.53. The molecule has 0 aliphatic carbocycles. The normalized spacial score (nSPS) is 27.8. The lowest BCUT2D eigenvalue weighted by molar-refractivity contribution is -0.820. The lowest BCUT2D eigenvalue weighted by Gasteiger charge is -2.28. The monoisotopic (exact) mass is 168 g/mol. The van der Waals surface area contributed by atoms with Crippen LogP contribution >= 0.6 is 0 Å². The number of unbranched alkanes of at least 4 members (excludes halogenated alkanes) is 1. The molecule has 1 N–H and O–H groups in total. The fraction of sp³-hybridized carbons (Fsp3) is 0.600. The molecule has 0 saturated heterocycles. The van der Waals surface area contributed by atoms with E-state index in [1.165, 1.54) is 12.8 Å². The first-order valence-electron chi connectivity index (χ1n) is 4.58. The van der Waals surface area contributed by atoms with E-state index >= 15 is 0 Å². The van der Waals surface area contributed by atoms with Crippen molar-refractivity contribution in [3.8, 4) is 0 Å². The van der Waals surface area contributed by atoms with Gasteiger partial charge >= 0.3 is 0 Å². The third-order valence-electron chi connectivity index (χ3n) is 2.50. The van der Waals surface area contributed by atoms with Crippen LogP contribution in [-0.4, -0.2) is 29.8 Å². The molecule has 0 spiro atoms. The average molecular weight is 168 g/mol. The van der Waals surface area contributed by atoms with E-state index in [0.29, 0.717) is 0 Å². The molecule has 0 bridgehead atoms. The van der Waals surface area contributed by atoms with Gasteiger partial charge in [-0.05, 0) is 12.5 Å². The molecular formula is C10H18NO+. The van der Waals surface area contributed by atoms with E-state index < -0.39 is 0 Å². The van der Waals surface area contributed by atoms with Crippen LogP contribution in [0.25, 0.3) is 0 Å². The maximum atomic E-state index is 9.08. The first-order chi connectivity index (χ1) is 5.73. The number of likely N-dealkylation sites (N-methyl/N-ethyl adjacent to an activating group) is 1. The first-order valence-corrected chi connectivity index (χ1v) is 4.58. The Morgan fingerprint density at radius 2 is 2.25 bits per heavy atom. The SMILES string of the molecule is CCCC[N+]1(C)C=CC=C1CO. The molecular weight excluding hydrogens is 150 g/mol. The van der Waals surface area contributed by atoms with E-state index in [1.807, 2.05) is 12.2 Å². The molecule has 2 heteroatoms. The second-order valence-corrected chi connectivity index (χ2v) is 3.50. The molecule has 2 nitrogen and oxygen atoms in total. The van der Waals surface area contributed by atoms with Crippen molar-refractivity contribution in [2.24, 2.45) is 0 Å². The van der Waals surface area contributed by atoms with Gasteiger partial charge in [0.2, 0.25) is 0 Å². The van der Waals surface area contributed by atoms with Crippen LogP contribution in [0.1, 0.15) is 19.8 Å². The van der Waals surface area contributed by atoms with Gasteiger partial charge in [-0.2, -0.15) is 0 Å². The van der Waals surface area contributed by atoms with Gasteiger partial charge in [0.25, 0.3) is 0 Å². The maximum Gasteiger partial charge on any atom is 0.139 e. The predicted molar refractivity (Wildman–Crippen MR) is 50.3 cm³/mol. The van der Waals surface area contributed by atoms with Crippen LogP contribution in [0.2, 0.25) is 0 Å². The van der Waals surface area contributed by atoms with Crippen molar-refractivity contribution in [2.75, 3.05) is 20.2 Å².